The van der Waals surface area contributed by atoms with Gasteiger partial charge in [0.05, 0.1) is 11.8 Å². The van der Waals surface area contributed by atoms with E-state index in [9.17, 15) is 9.59 Å². The standard InChI is InChI=1S/C19H14ClN5O4/c20-13-7-5-12(6-8-13)18-21-16(29-23-18)9-10-17(26)28-11-25-19(27)14-3-1-2-4-15(14)22-24-25/h1-8H,9-11H2. The number of hydrogen-bond acceptors (Lipinski definition) is 8. The van der Waals surface area contributed by atoms with E-state index < -0.39 is 5.97 Å². The number of rotatable bonds is 6. The summed E-state index contributed by atoms with van der Waals surface area (Å²) in [5, 5.41) is 12.6. The van der Waals surface area contributed by atoms with Crippen LogP contribution < -0.4 is 5.56 Å². The van der Waals surface area contributed by atoms with E-state index in [-0.39, 0.29) is 25.1 Å². The Kier molecular flexibility index (Phi) is 5.30. The molecule has 0 atom stereocenters. The minimum atomic E-state index is -0.530. The number of carbonyl (C=O) groups excluding carboxylic acids is 1. The van der Waals surface area contributed by atoms with Gasteiger partial charge < -0.3 is 9.26 Å². The van der Waals surface area contributed by atoms with Crippen molar-refractivity contribution in [1.29, 1.82) is 0 Å². The Labute approximate surface area is 168 Å². The third kappa shape index (κ3) is 4.30. The van der Waals surface area contributed by atoms with E-state index in [1.165, 1.54) is 0 Å². The van der Waals surface area contributed by atoms with Crippen molar-refractivity contribution in [3.63, 3.8) is 0 Å². The summed E-state index contributed by atoms with van der Waals surface area (Å²) < 4.78 is 11.2. The number of aromatic nitrogens is 5. The van der Waals surface area contributed by atoms with E-state index in [1.54, 1.807) is 48.5 Å². The monoisotopic (exact) mass is 411 g/mol. The zero-order valence-electron chi connectivity index (χ0n) is 15.0. The largest absolute Gasteiger partial charge is 0.442 e. The predicted molar refractivity (Wildman–Crippen MR) is 103 cm³/mol. The van der Waals surface area contributed by atoms with Crippen molar-refractivity contribution in [3.05, 3.63) is 69.8 Å². The van der Waals surface area contributed by atoms with Crippen LogP contribution in [0.1, 0.15) is 12.3 Å². The summed E-state index contributed by atoms with van der Waals surface area (Å²) in [5.74, 6) is 0.177. The van der Waals surface area contributed by atoms with Crippen molar-refractivity contribution in [1.82, 2.24) is 25.1 Å². The molecule has 29 heavy (non-hydrogen) atoms. The summed E-state index contributed by atoms with van der Waals surface area (Å²) in [6.07, 6.45) is 0.218. The Balaban J connectivity index is 1.33. The molecule has 0 spiro atoms. The molecule has 0 saturated carbocycles. The Morgan fingerprint density at radius 3 is 2.76 bits per heavy atom. The Bertz CT molecular complexity index is 1220. The number of fused-ring (bicyclic) bond motifs is 1. The molecule has 2 heterocycles. The van der Waals surface area contributed by atoms with Gasteiger partial charge in [0.15, 0.2) is 6.73 Å². The summed E-state index contributed by atoms with van der Waals surface area (Å²) in [6.45, 7) is -0.324. The number of hydrogen-bond donors (Lipinski definition) is 0. The van der Waals surface area contributed by atoms with Crippen molar-refractivity contribution >= 4 is 28.5 Å². The third-order valence-electron chi connectivity index (χ3n) is 4.09. The van der Waals surface area contributed by atoms with Crippen molar-refractivity contribution < 1.29 is 14.1 Å². The molecule has 0 radical (unpaired) electrons. The molecule has 0 fully saturated rings. The van der Waals surface area contributed by atoms with Gasteiger partial charge in [-0.25, -0.2) is 0 Å². The van der Waals surface area contributed by atoms with Gasteiger partial charge in [0.25, 0.3) is 5.56 Å². The number of nitrogens with zero attached hydrogens (tertiary/aromatic N) is 5. The van der Waals surface area contributed by atoms with Gasteiger partial charge in [0, 0.05) is 17.0 Å². The molecule has 0 aliphatic carbocycles. The number of esters is 1. The van der Waals surface area contributed by atoms with Gasteiger partial charge in [-0.05, 0) is 36.4 Å². The molecule has 4 aromatic rings. The maximum atomic E-state index is 12.3. The SMILES string of the molecule is O=C(CCc1nc(-c2ccc(Cl)cc2)no1)OCn1nnc2ccccc2c1=O. The molecule has 0 saturated heterocycles. The van der Waals surface area contributed by atoms with E-state index in [1.807, 2.05) is 0 Å². The average Bonchev–Trinajstić information content (AvgIpc) is 3.21. The van der Waals surface area contributed by atoms with Crippen LogP contribution in [0.5, 0.6) is 0 Å². The molecule has 146 valence electrons. The average molecular weight is 412 g/mol. The smallest absolute Gasteiger partial charge is 0.308 e. The topological polar surface area (TPSA) is 113 Å². The van der Waals surface area contributed by atoms with Crippen molar-refractivity contribution in [2.75, 3.05) is 0 Å². The van der Waals surface area contributed by atoms with E-state index >= 15 is 0 Å². The van der Waals surface area contributed by atoms with Crippen LogP contribution in [-0.2, 0) is 22.7 Å². The molecule has 2 aromatic carbocycles. The zero-order valence-corrected chi connectivity index (χ0v) is 15.7. The maximum absolute atomic E-state index is 12.3. The van der Waals surface area contributed by atoms with Gasteiger partial charge >= 0.3 is 5.97 Å². The quantitative estimate of drug-likeness (QED) is 0.445. The third-order valence-corrected chi connectivity index (χ3v) is 4.34. The first-order chi connectivity index (χ1) is 14.1. The molecule has 0 N–H and O–H groups in total. The highest BCUT2D eigenvalue weighted by molar-refractivity contribution is 6.30. The summed E-state index contributed by atoms with van der Waals surface area (Å²) in [6, 6.07) is 13.8. The molecule has 10 heteroatoms. The molecular formula is C19H14ClN5O4. The fourth-order valence-corrected chi connectivity index (χ4v) is 2.72. The first-order valence-corrected chi connectivity index (χ1v) is 9.04. The van der Waals surface area contributed by atoms with Crippen LogP contribution in [0.15, 0.2) is 57.8 Å². The van der Waals surface area contributed by atoms with Crippen LogP contribution in [0.3, 0.4) is 0 Å². The van der Waals surface area contributed by atoms with E-state index in [0.717, 1.165) is 10.2 Å². The highest BCUT2D eigenvalue weighted by Crippen LogP contribution is 2.19. The summed E-state index contributed by atoms with van der Waals surface area (Å²) in [5.41, 5.74) is 0.849. The van der Waals surface area contributed by atoms with Crippen LogP contribution in [0, 0.1) is 0 Å². The predicted octanol–water partition coefficient (Wildman–Crippen LogP) is 2.63. The van der Waals surface area contributed by atoms with Gasteiger partial charge in [-0.3, -0.25) is 9.59 Å². The van der Waals surface area contributed by atoms with Gasteiger partial charge in [-0.1, -0.05) is 34.1 Å². The number of halogens is 1. The maximum Gasteiger partial charge on any atom is 0.308 e. The minimum Gasteiger partial charge on any atom is -0.442 e. The fraction of sp³-hybridized carbons (Fsp3) is 0.158. The highest BCUT2D eigenvalue weighted by Gasteiger charge is 2.12. The number of ether oxygens (including phenoxy) is 1. The lowest BCUT2D eigenvalue weighted by Crippen LogP contribution is -2.26. The Hall–Kier alpha value is -3.59. The molecular weight excluding hydrogens is 398 g/mol. The number of benzene rings is 2. The lowest BCUT2D eigenvalue weighted by molar-refractivity contribution is -0.148. The molecule has 0 bridgehead atoms. The summed E-state index contributed by atoms with van der Waals surface area (Å²) in [7, 11) is 0. The number of aryl methyl sites for hydroxylation is 1. The first kappa shape index (κ1) is 18.8. The fourth-order valence-electron chi connectivity index (χ4n) is 2.59. The van der Waals surface area contributed by atoms with Gasteiger partial charge in [0.2, 0.25) is 11.7 Å². The lowest BCUT2D eigenvalue weighted by atomic mass is 10.2. The van der Waals surface area contributed by atoms with Gasteiger partial charge in [-0.15, -0.1) is 5.10 Å². The molecule has 9 nitrogen and oxygen atoms in total. The number of carbonyl (C=O) groups is 1. The second-order valence-electron chi connectivity index (χ2n) is 6.08. The van der Waals surface area contributed by atoms with Crippen molar-refractivity contribution in [3.8, 4) is 11.4 Å². The van der Waals surface area contributed by atoms with Gasteiger partial charge in [0.1, 0.15) is 5.52 Å². The van der Waals surface area contributed by atoms with E-state index in [0.29, 0.717) is 27.6 Å². The minimum absolute atomic E-state index is 0.0119. The van der Waals surface area contributed by atoms with Crippen LogP contribution in [0.2, 0.25) is 5.02 Å². The van der Waals surface area contributed by atoms with Gasteiger partial charge in [-0.2, -0.15) is 9.67 Å². The Morgan fingerprint density at radius 2 is 1.93 bits per heavy atom. The molecule has 4 rings (SSSR count). The molecule has 2 aromatic heterocycles. The lowest BCUT2D eigenvalue weighted by Gasteiger charge is -2.05. The van der Waals surface area contributed by atoms with E-state index in [2.05, 4.69) is 20.5 Å². The highest BCUT2D eigenvalue weighted by atomic mass is 35.5. The van der Waals surface area contributed by atoms with Crippen molar-refractivity contribution in [2.45, 2.75) is 19.6 Å². The van der Waals surface area contributed by atoms with Crippen LogP contribution >= 0.6 is 11.6 Å². The zero-order chi connectivity index (χ0) is 20.2. The van der Waals surface area contributed by atoms with Crippen LogP contribution in [-0.4, -0.2) is 31.1 Å². The summed E-state index contributed by atoms with van der Waals surface area (Å²) in [4.78, 5) is 28.5. The molecule has 0 aliphatic rings. The molecule has 0 amide bonds. The normalized spacial score (nSPS) is 10.9. The van der Waals surface area contributed by atoms with E-state index in [4.69, 9.17) is 20.9 Å². The Morgan fingerprint density at radius 1 is 1.14 bits per heavy atom. The van der Waals surface area contributed by atoms with Crippen LogP contribution in [0.25, 0.3) is 22.3 Å². The molecule has 0 unspecified atom stereocenters. The molecule has 0 aliphatic heterocycles. The first-order valence-electron chi connectivity index (χ1n) is 8.67. The second kappa shape index (κ2) is 8.19. The summed E-state index contributed by atoms with van der Waals surface area (Å²) >= 11 is 5.86. The second-order valence-corrected chi connectivity index (χ2v) is 6.51. The van der Waals surface area contributed by atoms with Crippen molar-refractivity contribution in [2.24, 2.45) is 0 Å². The van der Waals surface area contributed by atoms with Crippen LogP contribution in [0.4, 0.5) is 0 Å².